The highest BCUT2D eigenvalue weighted by molar-refractivity contribution is 6.30. The van der Waals surface area contributed by atoms with Gasteiger partial charge in [-0.1, -0.05) is 62.3 Å². The van der Waals surface area contributed by atoms with Crippen LogP contribution in [0.3, 0.4) is 0 Å². The van der Waals surface area contributed by atoms with E-state index in [4.69, 9.17) is 16.3 Å². The Morgan fingerprint density at radius 3 is 2.03 bits per heavy atom. The normalized spacial score (nSPS) is 27.7. The largest absolute Gasteiger partial charge is 0.434 e. The molecule has 0 aromatic heterocycles. The zero-order chi connectivity index (χ0) is 20.6. The van der Waals surface area contributed by atoms with E-state index in [2.05, 4.69) is 12.7 Å². The Labute approximate surface area is 179 Å². The van der Waals surface area contributed by atoms with Crippen LogP contribution in [-0.4, -0.2) is 6.61 Å². The first-order chi connectivity index (χ1) is 14.0. The fourth-order valence-electron chi connectivity index (χ4n) is 5.44. The van der Waals surface area contributed by atoms with Gasteiger partial charge < -0.3 is 4.74 Å². The first-order valence-electron chi connectivity index (χ1n) is 11.4. The van der Waals surface area contributed by atoms with Crippen LogP contribution in [0.25, 0.3) is 0 Å². The third-order valence-electron chi connectivity index (χ3n) is 7.21. The van der Waals surface area contributed by atoms with Gasteiger partial charge >= 0.3 is 6.61 Å². The quantitative estimate of drug-likeness (QED) is 0.360. The highest BCUT2D eigenvalue weighted by atomic mass is 35.5. The minimum atomic E-state index is -2.81. The molecule has 3 rings (SSSR count). The molecule has 1 nitrogen and oxygen atoms in total. The molecule has 0 atom stereocenters. The smallest absolute Gasteiger partial charge is 0.387 e. The van der Waals surface area contributed by atoms with Gasteiger partial charge in [0, 0.05) is 5.02 Å². The lowest BCUT2D eigenvalue weighted by atomic mass is 9.74. The van der Waals surface area contributed by atoms with Crippen molar-refractivity contribution in [2.75, 3.05) is 0 Å². The molecule has 0 bridgehead atoms. The predicted molar refractivity (Wildman–Crippen MR) is 117 cm³/mol. The summed E-state index contributed by atoms with van der Waals surface area (Å²) in [6.07, 6.45) is 17.3. The molecule has 0 N–H and O–H groups in total. The molecule has 0 aliphatic heterocycles. The molecule has 2 fully saturated rings. The van der Waals surface area contributed by atoms with Gasteiger partial charge in [0.25, 0.3) is 0 Å². The van der Waals surface area contributed by atoms with Gasteiger partial charge in [0.1, 0.15) is 5.75 Å². The SMILES string of the molecule is C=CCCC1CCC(CCC2CCC(c3ccc(Cl)cc3OC(F)F)CC2)CC1. The van der Waals surface area contributed by atoms with Crippen LogP contribution in [-0.2, 0) is 0 Å². The van der Waals surface area contributed by atoms with E-state index in [1.54, 1.807) is 6.07 Å². The number of alkyl halides is 2. The fourth-order valence-corrected chi connectivity index (χ4v) is 5.60. The number of ether oxygens (including phenoxy) is 1. The summed E-state index contributed by atoms with van der Waals surface area (Å²) in [5.74, 6) is 3.18. The van der Waals surface area contributed by atoms with Crippen LogP contribution in [0.4, 0.5) is 8.78 Å². The second-order valence-electron chi connectivity index (χ2n) is 9.11. The lowest BCUT2D eigenvalue weighted by Gasteiger charge is -2.32. The zero-order valence-corrected chi connectivity index (χ0v) is 18.2. The summed E-state index contributed by atoms with van der Waals surface area (Å²) in [4.78, 5) is 0. The molecule has 2 aliphatic carbocycles. The number of hydrogen-bond donors (Lipinski definition) is 0. The van der Waals surface area contributed by atoms with Crippen molar-refractivity contribution in [3.05, 3.63) is 41.4 Å². The van der Waals surface area contributed by atoms with E-state index in [-0.39, 0.29) is 5.75 Å². The van der Waals surface area contributed by atoms with E-state index >= 15 is 0 Å². The Morgan fingerprint density at radius 1 is 0.931 bits per heavy atom. The van der Waals surface area contributed by atoms with E-state index in [9.17, 15) is 8.78 Å². The Kier molecular flexibility index (Phi) is 8.84. The molecular weight excluding hydrogens is 390 g/mol. The molecule has 0 radical (unpaired) electrons. The maximum atomic E-state index is 12.8. The van der Waals surface area contributed by atoms with Crippen molar-refractivity contribution >= 4 is 11.6 Å². The Balaban J connectivity index is 1.42. The van der Waals surface area contributed by atoms with Gasteiger partial charge in [-0.15, -0.1) is 6.58 Å². The second-order valence-corrected chi connectivity index (χ2v) is 9.54. The van der Waals surface area contributed by atoms with Crippen molar-refractivity contribution in [3.63, 3.8) is 0 Å². The topological polar surface area (TPSA) is 9.23 Å². The molecule has 1 aromatic carbocycles. The summed E-state index contributed by atoms with van der Waals surface area (Å²) in [6.45, 7) is 1.03. The van der Waals surface area contributed by atoms with E-state index in [0.29, 0.717) is 10.9 Å². The molecule has 2 aliphatic rings. The van der Waals surface area contributed by atoms with Crippen LogP contribution >= 0.6 is 11.6 Å². The van der Waals surface area contributed by atoms with Crippen molar-refractivity contribution in [2.45, 2.75) is 89.6 Å². The number of benzene rings is 1. The Morgan fingerprint density at radius 2 is 1.48 bits per heavy atom. The third kappa shape index (κ3) is 6.98. The van der Waals surface area contributed by atoms with Gasteiger partial charge in [0.05, 0.1) is 0 Å². The monoisotopic (exact) mass is 424 g/mol. The second kappa shape index (κ2) is 11.3. The van der Waals surface area contributed by atoms with Crippen molar-refractivity contribution in [2.24, 2.45) is 17.8 Å². The molecule has 0 saturated heterocycles. The maximum absolute atomic E-state index is 12.8. The Hall–Kier alpha value is -1.09. The first-order valence-corrected chi connectivity index (χ1v) is 11.8. The van der Waals surface area contributed by atoms with Crippen LogP contribution in [0.1, 0.15) is 88.5 Å². The van der Waals surface area contributed by atoms with E-state index in [1.807, 2.05) is 6.07 Å². The minimum absolute atomic E-state index is 0.254. The van der Waals surface area contributed by atoms with Crippen LogP contribution < -0.4 is 4.74 Å². The fraction of sp³-hybridized carbons (Fsp3) is 0.680. The number of halogens is 3. The van der Waals surface area contributed by atoms with Crippen LogP contribution in [0.2, 0.25) is 5.02 Å². The van der Waals surface area contributed by atoms with Crippen molar-refractivity contribution < 1.29 is 13.5 Å². The summed E-state index contributed by atoms with van der Waals surface area (Å²) < 4.78 is 30.3. The summed E-state index contributed by atoms with van der Waals surface area (Å²) in [7, 11) is 0. The van der Waals surface area contributed by atoms with Gasteiger partial charge in [-0.2, -0.15) is 8.78 Å². The Bertz CT molecular complexity index is 632. The van der Waals surface area contributed by atoms with E-state index in [0.717, 1.165) is 42.6 Å². The first kappa shape index (κ1) is 22.6. The lowest BCUT2D eigenvalue weighted by molar-refractivity contribution is -0.0507. The number of rotatable bonds is 9. The van der Waals surface area contributed by atoms with E-state index in [1.165, 1.54) is 63.9 Å². The third-order valence-corrected chi connectivity index (χ3v) is 7.44. The molecule has 1 aromatic rings. The van der Waals surface area contributed by atoms with Crippen molar-refractivity contribution in [3.8, 4) is 5.75 Å². The molecule has 4 heteroatoms. The highest BCUT2D eigenvalue weighted by Gasteiger charge is 2.27. The molecule has 0 heterocycles. The molecule has 2 saturated carbocycles. The van der Waals surface area contributed by atoms with Gasteiger partial charge in [-0.05, 0) is 79.9 Å². The average Bonchev–Trinajstić information content (AvgIpc) is 2.72. The van der Waals surface area contributed by atoms with Crippen LogP contribution in [0.15, 0.2) is 30.9 Å². The van der Waals surface area contributed by atoms with Crippen LogP contribution in [0.5, 0.6) is 5.75 Å². The predicted octanol–water partition coefficient (Wildman–Crippen LogP) is 8.77. The van der Waals surface area contributed by atoms with Crippen molar-refractivity contribution in [1.82, 2.24) is 0 Å². The molecule has 0 spiro atoms. The number of hydrogen-bond acceptors (Lipinski definition) is 1. The molecule has 29 heavy (non-hydrogen) atoms. The van der Waals surface area contributed by atoms with Gasteiger partial charge in [0.2, 0.25) is 0 Å². The molecule has 0 unspecified atom stereocenters. The average molecular weight is 425 g/mol. The highest BCUT2D eigenvalue weighted by Crippen LogP contribution is 2.43. The molecule has 0 amide bonds. The maximum Gasteiger partial charge on any atom is 0.387 e. The molecular formula is C25H35ClF2O. The van der Waals surface area contributed by atoms with Crippen molar-refractivity contribution in [1.29, 1.82) is 0 Å². The summed E-state index contributed by atoms with van der Waals surface area (Å²) >= 11 is 5.98. The standard InChI is InChI=1S/C25H35ClF2O/c1-2-3-4-18-5-7-19(8-6-18)9-10-20-11-13-21(14-12-20)23-16-15-22(26)17-24(23)29-25(27)28/h2,15-21,25H,1,3-14H2. The molecule has 162 valence electrons. The summed E-state index contributed by atoms with van der Waals surface area (Å²) in [5, 5.41) is 0.442. The zero-order valence-electron chi connectivity index (χ0n) is 17.4. The minimum Gasteiger partial charge on any atom is -0.434 e. The number of allylic oxidation sites excluding steroid dienone is 1. The van der Waals surface area contributed by atoms with Crippen LogP contribution in [0, 0.1) is 17.8 Å². The lowest BCUT2D eigenvalue weighted by Crippen LogP contribution is -2.18. The van der Waals surface area contributed by atoms with Gasteiger partial charge in [0.15, 0.2) is 0 Å². The van der Waals surface area contributed by atoms with E-state index < -0.39 is 6.61 Å². The van der Waals surface area contributed by atoms with Gasteiger partial charge in [-0.25, -0.2) is 0 Å². The van der Waals surface area contributed by atoms with Gasteiger partial charge in [-0.3, -0.25) is 0 Å². The summed E-state index contributed by atoms with van der Waals surface area (Å²) in [5.41, 5.74) is 0.894. The summed E-state index contributed by atoms with van der Waals surface area (Å²) in [6, 6.07) is 5.18.